The highest BCUT2D eigenvalue weighted by Gasteiger charge is 2.28. The zero-order chi connectivity index (χ0) is 16.8. The molecule has 0 atom stereocenters. The van der Waals surface area contributed by atoms with Crippen LogP contribution in [0.5, 0.6) is 0 Å². The van der Waals surface area contributed by atoms with Gasteiger partial charge in [-0.2, -0.15) is 5.26 Å². The van der Waals surface area contributed by atoms with Crippen molar-refractivity contribution in [2.75, 3.05) is 13.2 Å². The van der Waals surface area contributed by atoms with E-state index < -0.39 is 5.97 Å². The Kier molecular flexibility index (Phi) is 5.67. The van der Waals surface area contributed by atoms with Crippen molar-refractivity contribution in [1.29, 1.82) is 5.26 Å². The first kappa shape index (κ1) is 16.9. The Bertz CT molecular complexity index is 712. The van der Waals surface area contributed by atoms with E-state index in [4.69, 9.17) is 4.74 Å². The van der Waals surface area contributed by atoms with Gasteiger partial charge in [-0.15, -0.1) is 6.58 Å². The van der Waals surface area contributed by atoms with Gasteiger partial charge >= 0.3 is 5.97 Å². The molecule has 0 bridgehead atoms. The smallest absolute Gasteiger partial charge is 0.351 e. The van der Waals surface area contributed by atoms with E-state index in [1.807, 2.05) is 47.6 Å². The molecule has 0 spiro atoms. The van der Waals surface area contributed by atoms with Gasteiger partial charge < -0.3 is 9.64 Å². The van der Waals surface area contributed by atoms with E-state index >= 15 is 0 Å². The lowest BCUT2D eigenvalue weighted by molar-refractivity contribution is -0.138. The minimum Gasteiger partial charge on any atom is -0.462 e. The lowest BCUT2D eigenvalue weighted by atomic mass is 10.1. The van der Waals surface area contributed by atoms with E-state index in [0.29, 0.717) is 11.6 Å². The summed E-state index contributed by atoms with van der Waals surface area (Å²) in [5.74, 6) is -0.592. The summed E-state index contributed by atoms with van der Waals surface area (Å²) >= 11 is 1.36. The van der Waals surface area contributed by atoms with Crippen LogP contribution in [0.3, 0.4) is 0 Å². The molecule has 0 fully saturated rings. The van der Waals surface area contributed by atoms with Crippen molar-refractivity contribution in [3.63, 3.8) is 0 Å². The van der Waals surface area contributed by atoms with Crippen LogP contribution in [0.25, 0.3) is 5.70 Å². The maximum atomic E-state index is 12.0. The third-order valence-electron chi connectivity index (χ3n) is 3.28. The standard InChI is InChI=1S/C18H18N2O2S/c1-4-10-20-16(14-8-6-13(3)7-9-14)12-23-17(20)15(11-19)18(21)22-5-2/h4,6-9,12H,1,5,10H2,2-3H3/b17-15+. The Labute approximate surface area is 140 Å². The van der Waals surface area contributed by atoms with E-state index in [0.717, 1.165) is 11.3 Å². The van der Waals surface area contributed by atoms with Gasteiger partial charge in [-0.05, 0) is 19.4 Å². The number of hydrogen-bond acceptors (Lipinski definition) is 5. The number of aryl methyl sites for hydroxylation is 1. The lowest BCUT2D eigenvalue weighted by Crippen LogP contribution is -2.20. The maximum absolute atomic E-state index is 12.0. The van der Waals surface area contributed by atoms with Gasteiger partial charge in [-0.1, -0.05) is 47.7 Å². The highest BCUT2D eigenvalue weighted by Crippen LogP contribution is 2.41. The first-order valence-corrected chi connectivity index (χ1v) is 8.14. The Morgan fingerprint density at radius 3 is 2.70 bits per heavy atom. The Morgan fingerprint density at radius 2 is 2.13 bits per heavy atom. The summed E-state index contributed by atoms with van der Waals surface area (Å²) in [5, 5.41) is 11.9. The Hall–Kier alpha value is -2.45. The molecular formula is C18H18N2O2S. The van der Waals surface area contributed by atoms with Gasteiger partial charge in [0.1, 0.15) is 11.1 Å². The first-order valence-electron chi connectivity index (χ1n) is 7.26. The number of rotatable bonds is 5. The maximum Gasteiger partial charge on any atom is 0.351 e. The van der Waals surface area contributed by atoms with Crippen LogP contribution in [0.4, 0.5) is 0 Å². The summed E-state index contributed by atoms with van der Waals surface area (Å²) in [6.07, 6.45) is 1.74. The largest absolute Gasteiger partial charge is 0.462 e. The molecule has 1 aromatic carbocycles. The van der Waals surface area contributed by atoms with Crippen LogP contribution in [-0.2, 0) is 9.53 Å². The first-order chi connectivity index (χ1) is 11.1. The monoisotopic (exact) mass is 326 g/mol. The summed E-state index contributed by atoms with van der Waals surface area (Å²) < 4.78 is 4.98. The van der Waals surface area contributed by atoms with Crippen molar-refractivity contribution in [2.24, 2.45) is 0 Å². The van der Waals surface area contributed by atoms with Crippen molar-refractivity contribution in [3.8, 4) is 6.07 Å². The van der Waals surface area contributed by atoms with Crippen molar-refractivity contribution in [3.05, 3.63) is 64.1 Å². The fourth-order valence-electron chi connectivity index (χ4n) is 2.18. The van der Waals surface area contributed by atoms with E-state index in [1.54, 1.807) is 13.0 Å². The molecule has 1 aliphatic rings. The van der Waals surface area contributed by atoms with Crippen LogP contribution < -0.4 is 0 Å². The van der Waals surface area contributed by atoms with Crippen LogP contribution >= 0.6 is 11.8 Å². The molecule has 2 rings (SSSR count). The van der Waals surface area contributed by atoms with Crippen molar-refractivity contribution in [2.45, 2.75) is 13.8 Å². The number of benzene rings is 1. The van der Waals surface area contributed by atoms with E-state index in [-0.39, 0.29) is 12.2 Å². The van der Waals surface area contributed by atoms with Crippen LogP contribution in [0.2, 0.25) is 0 Å². The van der Waals surface area contributed by atoms with Crippen molar-refractivity contribution >= 4 is 23.4 Å². The molecule has 23 heavy (non-hydrogen) atoms. The van der Waals surface area contributed by atoms with E-state index in [9.17, 15) is 10.1 Å². The van der Waals surface area contributed by atoms with Crippen molar-refractivity contribution < 1.29 is 9.53 Å². The third-order valence-corrected chi connectivity index (χ3v) is 4.27. The number of nitrogens with zero attached hydrogens (tertiary/aromatic N) is 2. The molecule has 0 amide bonds. The summed E-state index contributed by atoms with van der Waals surface area (Å²) in [6.45, 7) is 8.26. The number of carbonyl (C=O) groups is 1. The van der Waals surface area contributed by atoms with E-state index in [2.05, 4.69) is 6.58 Å². The molecule has 0 aromatic heterocycles. The zero-order valence-corrected chi connectivity index (χ0v) is 14.0. The van der Waals surface area contributed by atoms with Crippen LogP contribution in [0, 0.1) is 18.3 Å². The molecule has 118 valence electrons. The molecule has 5 heteroatoms. The third kappa shape index (κ3) is 3.66. The highest BCUT2D eigenvalue weighted by molar-refractivity contribution is 8.06. The van der Waals surface area contributed by atoms with Gasteiger partial charge in [-0.3, -0.25) is 0 Å². The predicted octanol–water partition coefficient (Wildman–Crippen LogP) is 3.83. The van der Waals surface area contributed by atoms with Crippen molar-refractivity contribution in [1.82, 2.24) is 4.90 Å². The summed E-state index contributed by atoms with van der Waals surface area (Å²) in [4.78, 5) is 13.9. The topological polar surface area (TPSA) is 53.3 Å². The molecule has 0 unspecified atom stereocenters. The second kappa shape index (κ2) is 7.70. The number of hydrogen-bond donors (Lipinski definition) is 0. The fourth-order valence-corrected chi connectivity index (χ4v) is 3.22. The molecule has 1 aliphatic heterocycles. The number of carbonyl (C=O) groups excluding carboxylic acids is 1. The van der Waals surface area contributed by atoms with E-state index in [1.165, 1.54) is 17.3 Å². The average Bonchev–Trinajstić information content (AvgIpc) is 2.93. The molecule has 0 saturated heterocycles. The molecule has 1 aromatic rings. The normalized spacial score (nSPS) is 15.7. The molecule has 0 N–H and O–H groups in total. The highest BCUT2D eigenvalue weighted by atomic mass is 32.2. The minimum absolute atomic E-state index is 0.0251. The minimum atomic E-state index is -0.592. The predicted molar refractivity (Wildman–Crippen MR) is 92.9 cm³/mol. The van der Waals surface area contributed by atoms with Crippen LogP contribution in [-0.4, -0.2) is 24.0 Å². The van der Waals surface area contributed by atoms with Gasteiger partial charge in [0, 0.05) is 12.0 Å². The fraction of sp³-hybridized carbons (Fsp3) is 0.222. The summed E-state index contributed by atoms with van der Waals surface area (Å²) in [5.41, 5.74) is 3.18. The molecule has 0 radical (unpaired) electrons. The second-order valence-electron chi connectivity index (χ2n) is 4.90. The zero-order valence-electron chi connectivity index (χ0n) is 13.2. The average molecular weight is 326 g/mol. The van der Waals surface area contributed by atoms with Crippen LogP contribution in [0.15, 0.2) is 52.9 Å². The quantitative estimate of drug-likeness (QED) is 0.356. The van der Waals surface area contributed by atoms with Gasteiger partial charge in [0.2, 0.25) is 0 Å². The molecule has 4 nitrogen and oxygen atoms in total. The SMILES string of the molecule is C=CCN1C(c2ccc(C)cc2)=CS/C1=C(\C#N)C(=O)OCC. The number of esters is 1. The Morgan fingerprint density at radius 1 is 1.43 bits per heavy atom. The molecule has 0 saturated carbocycles. The van der Waals surface area contributed by atoms with Gasteiger partial charge in [0.15, 0.2) is 5.57 Å². The van der Waals surface area contributed by atoms with Gasteiger partial charge in [-0.25, -0.2) is 4.79 Å². The summed E-state index contributed by atoms with van der Waals surface area (Å²) in [7, 11) is 0. The second-order valence-corrected chi connectivity index (χ2v) is 5.76. The number of thioether (sulfide) groups is 1. The lowest BCUT2D eigenvalue weighted by Gasteiger charge is -2.22. The number of nitriles is 1. The van der Waals surface area contributed by atoms with Gasteiger partial charge in [0.25, 0.3) is 0 Å². The molecule has 1 heterocycles. The molecule has 0 aliphatic carbocycles. The van der Waals surface area contributed by atoms with Gasteiger partial charge in [0.05, 0.1) is 12.3 Å². The number of ether oxygens (including phenoxy) is 1. The summed E-state index contributed by atoms with van der Waals surface area (Å²) in [6, 6.07) is 10.1. The molecular weight excluding hydrogens is 308 g/mol. The Balaban J connectivity index is 2.42. The van der Waals surface area contributed by atoms with Crippen LogP contribution in [0.1, 0.15) is 18.1 Å².